The summed E-state index contributed by atoms with van der Waals surface area (Å²) in [5.74, 6) is 1.42. The first-order valence-corrected chi connectivity index (χ1v) is 12.8. The van der Waals surface area contributed by atoms with Crippen LogP contribution in [0.25, 0.3) is 0 Å². The lowest BCUT2D eigenvalue weighted by molar-refractivity contribution is -0.840. The van der Waals surface area contributed by atoms with Crippen molar-refractivity contribution in [3.05, 3.63) is 23.4 Å². The summed E-state index contributed by atoms with van der Waals surface area (Å²) in [5, 5.41) is 0. The topological polar surface area (TPSA) is 58.8 Å². The molecule has 5 heteroatoms. The van der Waals surface area contributed by atoms with Gasteiger partial charge in [-0.05, 0) is 83.8 Å². The average molecular weight is 409 g/mol. The third-order valence-corrected chi connectivity index (χ3v) is 9.85. The lowest BCUT2D eigenvalue weighted by Gasteiger charge is -2.64. The van der Waals surface area contributed by atoms with Crippen LogP contribution in [-0.2, 0) is 10.1 Å². The van der Waals surface area contributed by atoms with Crippen LogP contribution in [0.2, 0.25) is 0 Å². The van der Waals surface area contributed by atoms with Crippen molar-refractivity contribution in [2.45, 2.75) is 72.6 Å². The van der Waals surface area contributed by atoms with Crippen LogP contribution < -0.4 is 4.90 Å². The minimum Gasteiger partial charge on any atom is -0.304 e. The third-order valence-electron chi connectivity index (χ3n) is 9.13. The molecule has 2 saturated carbocycles. The summed E-state index contributed by atoms with van der Waals surface area (Å²) in [6.45, 7) is 11.5. The minimum atomic E-state index is -3.89. The van der Waals surface area contributed by atoms with E-state index in [1.54, 1.807) is 5.57 Å². The lowest BCUT2D eigenvalue weighted by atomic mass is 9.40. The molecule has 0 amide bonds. The van der Waals surface area contributed by atoms with Gasteiger partial charge in [0.2, 0.25) is 0 Å². The van der Waals surface area contributed by atoms with Crippen molar-refractivity contribution in [1.29, 1.82) is 0 Å². The van der Waals surface area contributed by atoms with Crippen molar-refractivity contribution >= 4 is 10.1 Å². The van der Waals surface area contributed by atoms with Crippen molar-refractivity contribution in [3.63, 3.8) is 0 Å². The Morgan fingerprint density at radius 2 is 1.86 bits per heavy atom. The molecule has 2 fully saturated rings. The highest BCUT2D eigenvalue weighted by molar-refractivity contribution is 7.85. The van der Waals surface area contributed by atoms with Gasteiger partial charge in [0.05, 0.1) is 12.7 Å². The van der Waals surface area contributed by atoms with Crippen molar-refractivity contribution < 1.29 is 17.9 Å². The smallest absolute Gasteiger partial charge is 0.270 e. The molecular weight excluding hydrogens is 370 g/mol. The van der Waals surface area contributed by atoms with Gasteiger partial charge in [-0.2, -0.15) is 8.42 Å². The summed E-state index contributed by atoms with van der Waals surface area (Å²) in [5.41, 5.74) is 4.25. The van der Waals surface area contributed by atoms with Gasteiger partial charge < -0.3 is 4.90 Å². The SMILES string of the molecule is CC1(C)CCC[C@]2(C)[C@H]3CCC4=C(C=C[NH+](CCS(=O)(=O)O)C4)[C@]3(C)CC[C@@H]12. The zero-order chi connectivity index (χ0) is 20.4. The number of allylic oxidation sites excluding steroid dienone is 2. The number of hydrogen-bond donors (Lipinski definition) is 2. The summed E-state index contributed by atoms with van der Waals surface area (Å²) in [6, 6.07) is 0. The Morgan fingerprint density at radius 1 is 1.11 bits per heavy atom. The van der Waals surface area contributed by atoms with Gasteiger partial charge in [0.1, 0.15) is 12.3 Å². The minimum absolute atomic E-state index is 0.163. The van der Waals surface area contributed by atoms with Gasteiger partial charge >= 0.3 is 0 Å². The fourth-order valence-electron chi connectivity index (χ4n) is 7.94. The van der Waals surface area contributed by atoms with Crippen LogP contribution in [0, 0.1) is 28.1 Å². The molecule has 0 aromatic rings. The van der Waals surface area contributed by atoms with E-state index in [9.17, 15) is 8.42 Å². The van der Waals surface area contributed by atoms with E-state index in [1.807, 2.05) is 0 Å². The van der Waals surface area contributed by atoms with E-state index >= 15 is 0 Å². The second kappa shape index (κ2) is 6.68. The van der Waals surface area contributed by atoms with Gasteiger partial charge in [-0.15, -0.1) is 0 Å². The third kappa shape index (κ3) is 3.31. The maximum atomic E-state index is 11.1. The first-order chi connectivity index (χ1) is 13.0. The zero-order valence-corrected chi connectivity index (χ0v) is 18.9. The lowest BCUT2D eigenvalue weighted by Crippen LogP contribution is -3.08. The van der Waals surface area contributed by atoms with Crippen molar-refractivity contribution in [2.75, 3.05) is 18.8 Å². The van der Waals surface area contributed by atoms with E-state index in [0.717, 1.165) is 29.7 Å². The molecule has 0 saturated heterocycles. The van der Waals surface area contributed by atoms with Crippen LogP contribution in [0.15, 0.2) is 23.4 Å². The Hall–Kier alpha value is -0.650. The predicted octanol–water partition coefficient (Wildman–Crippen LogP) is 3.63. The van der Waals surface area contributed by atoms with E-state index < -0.39 is 10.1 Å². The fourth-order valence-corrected chi connectivity index (χ4v) is 8.46. The Labute approximate surface area is 171 Å². The second-order valence-electron chi connectivity index (χ2n) is 11.2. The molecule has 0 radical (unpaired) electrons. The van der Waals surface area contributed by atoms with Crippen LogP contribution in [0.3, 0.4) is 0 Å². The number of nitrogens with one attached hydrogen (secondary N) is 1. The molecule has 3 aliphatic carbocycles. The summed E-state index contributed by atoms with van der Waals surface area (Å²) in [4.78, 5) is 1.15. The Morgan fingerprint density at radius 3 is 2.57 bits per heavy atom. The van der Waals surface area contributed by atoms with Gasteiger partial charge in [-0.25, -0.2) is 0 Å². The van der Waals surface area contributed by atoms with Gasteiger partial charge in [0, 0.05) is 0 Å². The molecule has 0 spiro atoms. The summed E-state index contributed by atoms with van der Waals surface area (Å²) >= 11 is 0. The van der Waals surface area contributed by atoms with Crippen molar-refractivity contribution in [1.82, 2.24) is 0 Å². The Balaban J connectivity index is 1.59. The van der Waals surface area contributed by atoms with E-state index in [4.69, 9.17) is 4.55 Å². The summed E-state index contributed by atoms with van der Waals surface area (Å²) in [7, 11) is -3.89. The van der Waals surface area contributed by atoms with E-state index in [1.165, 1.54) is 44.1 Å². The van der Waals surface area contributed by atoms with E-state index in [-0.39, 0.29) is 11.2 Å². The molecule has 158 valence electrons. The summed E-state index contributed by atoms with van der Waals surface area (Å²) < 4.78 is 31.3. The van der Waals surface area contributed by atoms with Gasteiger partial charge in [-0.3, -0.25) is 4.55 Å². The number of hydrogen-bond acceptors (Lipinski definition) is 2. The van der Waals surface area contributed by atoms with E-state index in [2.05, 4.69) is 40.0 Å². The van der Waals surface area contributed by atoms with Crippen LogP contribution in [0.1, 0.15) is 72.6 Å². The quantitative estimate of drug-likeness (QED) is 0.701. The Bertz CT molecular complexity index is 812. The molecule has 5 atom stereocenters. The molecule has 0 aromatic heterocycles. The molecular formula is C23H38NO3S+. The van der Waals surface area contributed by atoms with Crippen LogP contribution in [-0.4, -0.2) is 31.8 Å². The van der Waals surface area contributed by atoms with Crippen LogP contribution >= 0.6 is 0 Å². The highest BCUT2D eigenvalue weighted by Gasteiger charge is 2.60. The highest BCUT2D eigenvalue weighted by atomic mass is 32.2. The largest absolute Gasteiger partial charge is 0.304 e. The fraction of sp³-hybridized carbons (Fsp3) is 0.826. The first kappa shape index (κ1) is 20.6. The van der Waals surface area contributed by atoms with Gasteiger partial charge in [-0.1, -0.05) is 34.1 Å². The molecule has 4 nitrogen and oxygen atoms in total. The average Bonchev–Trinajstić information content (AvgIpc) is 2.58. The Kier molecular flexibility index (Phi) is 4.92. The van der Waals surface area contributed by atoms with E-state index in [0.29, 0.717) is 17.4 Å². The standard InChI is InChI=1S/C23H37NO3S/c1-21(2)10-5-11-23(4)19(21)8-12-22(3)18-9-13-24(14-15-28(25,26)27)16-17(18)6-7-20(22)23/h9,13,19-20H,5-8,10-12,14-16H2,1-4H3,(H,25,26,27)/p+1/t19-,20-,22-,23-/m0/s1. The molecule has 4 rings (SSSR count). The molecule has 1 heterocycles. The molecule has 4 aliphatic rings. The first-order valence-electron chi connectivity index (χ1n) is 11.2. The monoisotopic (exact) mass is 408 g/mol. The molecule has 28 heavy (non-hydrogen) atoms. The number of quaternary nitrogens is 1. The number of rotatable bonds is 3. The zero-order valence-electron chi connectivity index (χ0n) is 18.1. The molecule has 1 unspecified atom stereocenters. The van der Waals surface area contributed by atoms with Crippen LogP contribution in [0.5, 0.6) is 0 Å². The second-order valence-corrected chi connectivity index (χ2v) is 12.7. The van der Waals surface area contributed by atoms with Gasteiger partial charge in [0.15, 0.2) is 0 Å². The summed E-state index contributed by atoms with van der Waals surface area (Å²) in [6.07, 6.45) is 13.6. The maximum Gasteiger partial charge on any atom is 0.270 e. The molecule has 0 aromatic carbocycles. The van der Waals surface area contributed by atoms with Crippen LogP contribution in [0.4, 0.5) is 0 Å². The molecule has 1 aliphatic heterocycles. The van der Waals surface area contributed by atoms with Gasteiger partial charge in [0.25, 0.3) is 10.1 Å². The van der Waals surface area contributed by atoms with Crippen molar-refractivity contribution in [3.8, 4) is 0 Å². The van der Waals surface area contributed by atoms with Crippen molar-refractivity contribution in [2.24, 2.45) is 28.1 Å². The molecule has 2 N–H and O–H groups in total. The number of fused-ring (bicyclic) bond motifs is 4. The maximum absolute atomic E-state index is 11.1. The normalized spacial score (nSPS) is 42.5. The predicted molar refractivity (Wildman–Crippen MR) is 113 cm³/mol. The molecule has 0 bridgehead atoms. The highest BCUT2D eigenvalue weighted by Crippen LogP contribution is 2.68.